The van der Waals surface area contributed by atoms with Crippen LogP contribution in [0.15, 0.2) is 18.2 Å². The highest BCUT2D eigenvalue weighted by Crippen LogP contribution is 2.34. The predicted molar refractivity (Wildman–Crippen MR) is 84.9 cm³/mol. The number of benzene rings is 1. The van der Waals surface area contributed by atoms with Crippen molar-refractivity contribution in [3.05, 3.63) is 34.5 Å². The Morgan fingerprint density at radius 1 is 1.38 bits per heavy atom. The topological polar surface area (TPSA) is 54.4 Å². The van der Waals surface area contributed by atoms with Crippen molar-refractivity contribution in [3.63, 3.8) is 0 Å². The van der Waals surface area contributed by atoms with Gasteiger partial charge in [0.05, 0.1) is 5.75 Å². The first-order valence-electron chi connectivity index (χ1n) is 6.63. The number of halogens is 1. The molecule has 114 valence electrons. The largest absolute Gasteiger partial charge is 0.477 e. The first-order valence-corrected chi connectivity index (χ1v) is 8.83. The van der Waals surface area contributed by atoms with Crippen molar-refractivity contribution >= 4 is 38.2 Å². The molecule has 2 aromatic rings. The van der Waals surface area contributed by atoms with E-state index in [9.17, 15) is 18.5 Å². The van der Waals surface area contributed by atoms with E-state index in [1.807, 2.05) is 20.8 Å². The summed E-state index contributed by atoms with van der Waals surface area (Å²) in [5, 5.41) is 9.53. The van der Waals surface area contributed by atoms with Crippen LogP contribution in [-0.2, 0) is 16.6 Å². The molecule has 0 spiro atoms. The van der Waals surface area contributed by atoms with E-state index >= 15 is 0 Å². The SMILES string of the molecule is CC(C)C(C)S(=O)Cc1c(C(=O)O)sc2cccc(F)c12. The molecule has 0 aliphatic rings. The van der Waals surface area contributed by atoms with Gasteiger partial charge in [-0.1, -0.05) is 26.8 Å². The van der Waals surface area contributed by atoms with E-state index in [0.29, 0.717) is 15.6 Å². The van der Waals surface area contributed by atoms with Gasteiger partial charge in [0, 0.05) is 31.7 Å². The minimum Gasteiger partial charge on any atom is -0.477 e. The second kappa shape index (κ2) is 6.23. The lowest BCUT2D eigenvalue weighted by atomic mass is 10.1. The van der Waals surface area contributed by atoms with Crippen LogP contribution in [0, 0.1) is 11.7 Å². The number of hydrogen-bond acceptors (Lipinski definition) is 3. The molecule has 0 aliphatic carbocycles. The molecule has 1 N–H and O–H groups in total. The van der Waals surface area contributed by atoms with Gasteiger partial charge in [-0.25, -0.2) is 9.18 Å². The van der Waals surface area contributed by atoms with E-state index in [1.165, 1.54) is 6.07 Å². The highest BCUT2D eigenvalue weighted by molar-refractivity contribution is 7.84. The Morgan fingerprint density at radius 3 is 2.62 bits per heavy atom. The number of carboxylic acids is 1. The van der Waals surface area contributed by atoms with Gasteiger partial charge >= 0.3 is 5.97 Å². The van der Waals surface area contributed by atoms with Crippen molar-refractivity contribution in [2.45, 2.75) is 31.8 Å². The highest BCUT2D eigenvalue weighted by Gasteiger charge is 2.24. The lowest BCUT2D eigenvalue weighted by molar-refractivity contribution is 0.0701. The zero-order chi connectivity index (χ0) is 15.7. The zero-order valence-corrected chi connectivity index (χ0v) is 13.7. The lowest BCUT2D eigenvalue weighted by Gasteiger charge is -2.15. The normalized spacial score (nSPS) is 14.5. The molecular formula is C15H17FO3S2. The number of carboxylic acid groups (broad SMARTS) is 1. The van der Waals surface area contributed by atoms with Crippen LogP contribution in [0.25, 0.3) is 10.1 Å². The van der Waals surface area contributed by atoms with Gasteiger partial charge in [0.2, 0.25) is 0 Å². The van der Waals surface area contributed by atoms with Gasteiger partial charge in [0.25, 0.3) is 0 Å². The Hall–Kier alpha value is -1.27. The summed E-state index contributed by atoms with van der Waals surface area (Å²) < 4.78 is 27.0. The Labute approximate surface area is 129 Å². The van der Waals surface area contributed by atoms with Gasteiger partial charge in [0.15, 0.2) is 0 Å². The summed E-state index contributed by atoms with van der Waals surface area (Å²) in [6, 6.07) is 4.55. The van der Waals surface area contributed by atoms with Gasteiger partial charge in [0.1, 0.15) is 10.7 Å². The fraction of sp³-hybridized carbons (Fsp3) is 0.400. The predicted octanol–water partition coefficient (Wildman–Crippen LogP) is 4.03. The summed E-state index contributed by atoms with van der Waals surface area (Å²) in [6.07, 6.45) is 0. The second-order valence-corrected chi connectivity index (χ2v) is 8.15. The van der Waals surface area contributed by atoms with Crippen LogP contribution in [0.4, 0.5) is 4.39 Å². The van der Waals surface area contributed by atoms with Crippen LogP contribution in [0.5, 0.6) is 0 Å². The molecule has 0 aliphatic heterocycles. The van der Waals surface area contributed by atoms with Crippen LogP contribution in [-0.4, -0.2) is 20.5 Å². The average molecular weight is 328 g/mol. The summed E-state index contributed by atoms with van der Waals surface area (Å²) >= 11 is 1.03. The molecule has 1 aromatic carbocycles. The second-order valence-electron chi connectivity index (χ2n) is 5.30. The van der Waals surface area contributed by atoms with Gasteiger partial charge in [-0.05, 0) is 18.1 Å². The van der Waals surface area contributed by atoms with Crippen molar-refractivity contribution in [3.8, 4) is 0 Å². The van der Waals surface area contributed by atoms with E-state index in [0.717, 1.165) is 11.3 Å². The van der Waals surface area contributed by atoms with Crippen molar-refractivity contribution in [1.82, 2.24) is 0 Å². The first kappa shape index (κ1) is 16.1. The van der Waals surface area contributed by atoms with Crippen molar-refractivity contribution in [2.75, 3.05) is 0 Å². The molecule has 1 heterocycles. The fourth-order valence-corrected chi connectivity index (χ4v) is 4.66. The molecule has 2 unspecified atom stereocenters. The molecular weight excluding hydrogens is 311 g/mol. The summed E-state index contributed by atoms with van der Waals surface area (Å²) in [7, 11) is -1.24. The van der Waals surface area contributed by atoms with E-state index in [-0.39, 0.29) is 21.8 Å². The van der Waals surface area contributed by atoms with Crippen molar-refractivity contribution < 1.29 is 18.5 Å². The van der Waals surface area contributed by atoms with Crippen LogP contribution >= 0.6 is 11.3 Å². The standard InChI is InChI=1S/C15H17FO3S2/c1-8(2)9(3)21(19)7-10-13-11(16)5-4-6-12(13)20-14(10)15(17)18/h4-6,8-9H,7H2,1-3H3,(H,17,18). The zero-order valence-electron chi connectivity index (χ0n) is 12.1. The molecule has 0 fully saturated rings. The Morgan fingerprint density at radius 2 is 2.05 bits per heavy atom. The van der Waals surface area contributed by atoms with Crippen LogP contribution in [0.3, 0.4) is 0 Å². The maximum Gasteiger partial charge on any atom is 0.346 e. The minimum absolute atomic E-state index is 0.0713. The molecule has 2 rings (SSSR count). The van der Waals surface area contributed by atoms with E-state index in [2.05, 4.69) is 0 Å². The number of carbonyl (C=O) groups is 1. The number of fused-ring (bicyclic) bond motifs is 1. The number of aromatic carboxylic acids is 1. The number of hydrogen-bond donors (Lipinski definition) is 1. The third kappa shape index (κ3) is 3.16. The smallest absolute Gasteiger partial charge is 0.346 e. The molecule has 0 bridgehead atoms. The highest BCUT2D eigenvalue weighted by atomic mass is 32.2. The van der Waals surface area contributed by atoms with E-state index in [1.54, 1.807) is 12.1 Å². The van der Waals surface area contributed by atoms with Crippen molar-refractivity contribution in [2.24, 2.45) is 5.92 Å². The minimum atomic E-state index is -1.24. The number of thiophene rings is 1. The van der Waals surface area contributed by atoms with Gasteiger partial charge in [-0.2, -0.15) is 0 Å². The molecule has 0 saturated carbocycles. The van der Waals surface area contributed by atoms with Gasteiger partial charge < -0.3 is 5.11 Å². The monoisotopic (exact) mass is 328 g/mol. The summed E-state index contributed by atoms with van der Waals surface area (Å²) in [5.74, 6) is -1.27. The Balaban J connectivity index is 2.53. The summed E-state index contributed by atoms with van der Waals surface area (Å²) in [6.45, 7) is 5.80. The van der Waals surface area contributed by atoms with Gasteiger partial charge in [-0.3, -0.25) is 4.21 Å². The first-order chi connectivity index (χ1) is 9.82. The molecule has 21 heavy (non-hydrogen) atoms. The maximum atomic E-state index is 14.0. The quantitative estimate of drug-likeness (QED) is 0.901. The molecule has 3 nitrogen and oxygen atoms in total. The molecule has 6 heteroatoms. The third-order valence-corrected chi connectivity index (χ3v) is 6.73. The molecule has 0 amide bonds. The molecule has 0 radical (unpaired) electrons. The molecule has 2 atom stereocenters. The van der Waals surface area contributed by atoms with Crippen molar-refractivity contribution in [1.29, 1.82) is 0 Å². The Bertz CT molecular complexity index is 706. The van der Waals surface area contributed by atoms with Crippen LogP contribution in [0.1, 0.15) is 36.0 Å². The number of rotatable bonds is 5. The maximum absolute atomic E-state index is 14.0. The summed E-state index contributed by atoms with van der Waals surface area (Å²) in [4.78, 5) is 11.5. The summed E-state index contributed by atoms with van der Waals surface area (Å²) in [5.41, 5.74) is 0.353. The molecule has 1 aromatic heterocycles. The van der Waals surface area contributed by atoms with E-state index < -0.39 is 22.6 Å². The third-order valence-electron chi connectivity index (χ3n) is 3.60. The van der Waals surface area contributed by atoms with E-state index in [4.69, 9.17) is 0 Å². The fourth-order valence-electron chi connectivity index (χ4n) is 2.06. The van der Waals surface area contributed by atoms with Gasteiger partial charge in [-0.15, -0.1) is 11.3 Å². The Kier molecular flexibility index (Phi) is 4.78. The molecule has 0 saturated heterocycles. The van der Waals surface area contributed by atoms with Crippen LogP contribution < -0.4 is 0 Å². The average Bonchev–Trinajstić information content (AvgIpc) is 2.78. The van der Waals surface area contributed by atoms with Crippen LogP contribution in [0.2, 0.25) is 0 Å². The lowest BCUT2D eigenvalue weighted by Crippen LogP contribution is -2.19.